The number of aryl methyl sites for hydroxylation is 2. The van der Waals surface area contributed by atoms with Gasteiger partial charge in [0.05, 0.1) is 22.7 Å². The fraction of sp³-hybridized carbons (Fsp3) is 0.556. The monoisotopic (exact) mass is 457 g/mol. The second-order valence-electron chi connectivity index (χ2n) is 10.0. The molecule has 5 heteroatoms. The van der Waals surface area contributed by atoms with Crippen LogP contribution >= 0.6 is 0 Å². The molecule has 3 rings (SSSR count). The Bertz CT molecular complexity index is 969. The van der Waals surface area contributed by atoms with Gasteiger partial charge in [-0.25, -0.2) is 8.42 Å². The van der Waals surface area contributed by atoms with Gasteiger partial charge in [-0.15, -0.1) is 0 Å². The highest BCUT2D eigenvalue weighted by molar-refractivity contribution is 7.91. The first-order valence-corrected chi connectivity index (χ1v) is 13.5. The molecule has 1 heterocycles. The van der Waals surface area contributed by atoms with E-state index in [-0.39, 0.29) is 11.4 Å². The van der Waals surface area contributed by atoms with E-state index in [0.717, 1.165) is 50.9 Å². The quantitative estimate of drug-likeness (QED) is 0.519. The van der Waals surface area contributed by atoms with Crippen LogP contribution in [0.2, 0.25) is 0 Å². The summed E-state index contributed by atoms with van der Waals surface area (Å²) >= 11 is 0. The van der Waals surface area contributed by atoms with Gasteiger partial charge in [0, 0.05) is 18.8 Å². The molecule has 2 aromatic rings. The predicted octanol–water partition coefficient (Wildman–Crippen LogP) is 5.58. The van der Waals surface area contributed by atoms with Crippen molar-refractivity contribution in [3.63, 3.8) is 0 Å². The van der Waals surface area contributed by atoms with Crippen molar-refractivity contribution in [2.45, 2.75) is 76.4 Å². The van der Waals surface area contributed by atoms with E-state index in [0.29, 0.717) is 0 Å². The number of benzene rings is 2. The summed E-state index contributed by atoms with van der Waals surface area (Å²) in [4.78, 5) is 2.45. The van der Waals surface area contributed by atoms with Crippen LogP contribution in [0, 0.1) is 0 Å². The third-order valence-corrected chi connectivity index (χ3v) is 9.43. The number of sulfone groups is 1. The normalized spacial score (nSPS) is 16.8. The fourth-order valence-corrected chi connectivity index (χ4v) is 5.21. The van der Waals surface area contributed by atoms with Crippen molar-refractivity contribution < 1.29 is 13.2 Å². The number of rotatable bonds is 8. The summed E-state index contributed by atoms with van der Waals surface area (Å²) < 4.78 is 30.2. The lowest BCUT2D eigenvalue weighted by Crippen LogP contribution is -2.51. The van der Waals surface area contributed by atoms with Crippen LogP contribution in [0.4, 0.5) is 5.69 Å². The van der Waals surface area contributed by atoms with Gasteiger partial charge in [0.15, 0.2) is 9.84 Å². The molecule has 0 spiro atoms. The molecule has 0 radical (unpaired) electrons. The molecule has 0 N–H and O–H groups in total. The lowest BCUT2D eigenvalue weighted by molar-refractivity contribution is -0.0605. The van der Waals surface area contributed by atoms with E-state index < -0.39 is 14.6 Å². The molecule has 0 saturated carbocycles. The van der Waals surface area contributed by atoms with E-state index in [4.69, 9.17) is 4.74 Å². The molecular formula is C27H39NO3S. The third-order valence-electron chi connectivity index (χ3n) is 6.85. The topological polar surface area (TPSA) is 46.6 Å². The second kappa shape index (κ2) is 9.96. The molecule has 0 atom stereocenters. The zero-order chi connectivity index (χ0) is 23.4. The maximum Gasteiger partial charge on any atom is 0.159 e. The Kier molecular flexibility index (Phi) is 7.72. The molecule has 0 aliphatic carbocycles. The summed E-state index contributed by atoms with van der Waals surface area (Å²) in [5.74, 6) is 0.0944. The molecular weight excluding hydrogens is 418 g/mol. The first kappa shape index (κ1) is 24.8. The lowest BCUT2D eigenvalue weighted by Gasteiger charge is -2.43. The zero-order valence-electron chi connectivity index (χ0n) is 20.4. The largest absolute Gasteiger partial charge is 0.371 e. The summed E-state index contributed by atoms with van der Waals surface area (Å²) in [6.45, 7) is 12.4. The Labute approximate surface area is 194 Å². The smallest absolute Gasteiger partial charge is 0.159 e. The number of morpholine rings is 1. The van der Waals surface area contributed by atoms with E-state index in [2.05, 4.69) is 55.1 Å². The first-order valence-electron chi connectivity index (χ1n) is 11.9. The molecule has 1 saturated heterocycles. The number of nitrogens with zero attached hydrogens (tertiary/aromatic N) is 1. The Morgan fingerprint density at radius 3 is 1.88 bits per heavy atom. The molecule has 1 aliphatic rings. The second-order valence-corrected chi connectivity index (χ2v) is 12.8. The molecule has 176 valence electrons. The Hall–Kier alpha value is -1.85. The lowest BCUT2D eigenvalue weighted by atomic mass is 9.94. The van der Waals surface area contributed by atoms with E-state index >= 15 is 0 Å². The molecule has 0 amide bonds. The molecule has 1 aliphatic heterocycles. The molecule has 1 fully saturated rings. The maximum absolute atomic E-state index is 12.4. The van der Waals surface area contributed by atoms with Crippen molar-refractivity contribution >= 4 is 15.5 Å². The van der Waals surface area contributed by atoms with Gasteiger partial charge in [-0.05, 0) is 75.3 Å². The van der Waals surface area contributed by atoms with Crippen LogP contribution in [-0.4, -0.2) is 38.5 Å². The molecule has 0 unspecified atom stereocenters. The van der Waals surface area contributed by atoms with Crippen molar-refractivity contribution in [2.75, 3.05) is 24.6 Å². The minimum absolute atomic E-state index is 0.0186. The van der Waals surface area contributed by atoms with E-state index in [9.17, 15) is 8.42 Å². The Morgan fingerprint density at radius 2 is 1.38 bits per heavy atom. The standard InChI is InChI=1S/C27H39NO3S/c1-6-27(7-2)21-28(18-19-31-27)25-16-14-23(15-17-25)9-8-22-10-12-24(13-11-22)20-32(29,30)26(3,4)5/h10-17H,6-9,18-21H2,1-5H3. The average molecular weight is 458 g/mol. The van der Waals surface area contributed by atoms with Gasteiger partial charge in [0.2, 0.25) is 0 Å². The molecule has 4 nitrogen and oxygen atoms in total. The molecule has 2 aromatic carbocycles. The minimum Gasteiger partial charge on any atom is -0.371 e. The number of ether oxygens (including phenoxy) is 1. The summed E-state index contributed by atoms with van der Waals surface area (Å²) in [6, 6.07) is 17.0. The summed E-state index contributed by atoms with van der Waals surface area (Å²) in [6.07, 6.45) is 3.99. The van der Waals surface area contributed by atoms with Crippen molar-refractivity contribution in [3.05, 3.63) is 65.2 Å². The first-order chi connectivity index (χ1) is 15.1. The average Bonchev–Trinajstić information content (AvgIpc) is 2.78. The van der Waals surface area contributed by atoms with Gasteiger partial charge in [-0.2, -0.15) is 0 Å². The number of hydrogen-bond donors (Lipinski definition) is 0. The summed E-state index contributed by atoms with van der Waals surface area (Å²) in [5.41, 5.74) is 4.66. The van der Waals surface area contributed by atoms with Gasteiger partial charge in [-0.1, -0.05) is 50.2 Å². The van der Waals surface area contributed by atoms with E-state index in [1.54, 1.807) is 20.8 Å². The van der Waals surface area contributed by atoms with Crippen LogP contribution in [-0.2, 0) is 33.2 Å². The predicted molar refractivity (Wildman–Crippen MR) is 134 cm³/mol. The van der Waals surface area contributed by atoms with Crippen molar-refractivity contribution in [1.82, 2.24) is 0 Å². The van der Waals surface area contributed by atoms with Crippen molar-refractivity contribution in [3.8, 4) is 0 Å². The van der Waals surface area contributed by atoms with Crippen LogP contribution in [0.25, 0.3) is 0 Å². The molecule has 0 aromatic heterocycles. The van der Waals surface area contributed by atoms with Gasteiger partial charge >= 0.3 is 0 Å². The van der Waals surface area contributed by atoms with Gasteiger partial charge in [-0.3, -0.25) is 0 Å². The fourth-order valence-electron chi connectivity index (χ4n) is 4.14. The zero-order valence-corrected chi connectivity index (χ0v) is 21.2. The van der Waals surface area contributed by atoms with Gasteiger partial charge in [0.25, 0.3) is 0 Å². The molecule has 32 heavy (non-hydrogen) atoms. The summed E-state index contributed by atoms with van der Waals surface area (Å²) in [5, 5.41) is 0. The van der Waals surface area contributed by atoms with Crippen LogP contribution in [0.3, 0.4) is 0 Å². The van der Waals surface area contributed by atoms with E-state index in [1.165, 1.54) is 16.8 Å². The van der Waals surface area contributed by atoms with E-state index in [1.807, 2.05) is 12.1 Å². The Morgan fingerprint density at radius 1 is 0.875 bits per heavy atom. The van der Waals surface area contributed by atoms with Crippen LogP contribution in [0.15, 0.2) is 48.5 Å². The van der Waals surface area contributed by atoms with Crippen molar-refractivity contribution in [1.29, 1.82) is 0 Å². The maximum atomic E-state index is 12.4. The third kappa shape index (κ3) is 5.93. The minimum atomic E-state index is -3.16. The van der Waals surface area contributed by atoms with Gasteiger partial charge < -0.3 is 9.64 Å². The number of anilines is 1. The highest BCUT2D eigenvalue weighted by Crippen LogP contribution is 2.29. The van der Waals surface area contributed by atoms with Crippen LogP contribution < -0.4 is 4.90 Å². The SMILES string of the molecule is CCC1(CC)CN(c2ccc(CCc3ccc(CS(=O)(=O)C(C)(C)C)cc3)cc2)CCO1. The number of hydrogen-bond acceptors (Lipinski definition) is 4. The highest BCUT2D eigenvalue weighted by atomic mass is 32.2. The Balaban J connectivity index is 1.56. The van der Waals surface area contributed by atoms with Crippen LogP contribution in [0.5, 0.6) is 0 Å². The molecule has 0 bridgehead atoms. The van der Waals surface area contributed by atoms with Crippen molar-refractivity contribution in [2.24, 2.45) is 0 Å². The summed E-state index contributed by atoms with van der Waals surface area (Å²) in [7, 11) is -3.16. The van der Waals surface area contributed by atoms with Crippen LogP contribution in [0.1, 0.15) is 64.2 Å². The highest BCUT2D eigenvalue weighted by Gasteiger charge is 2.33. The van der Waals surface area contributed by atoms with Gasteiger partial charge in [0.1, 0.15) is 0 Å².